The van der Waals surface area contributed by atoms with Crippen molar-refractivity contribution in [3.63, 3.8) is 0 Å². The number of aryl methyl sites for hydroxylation is 1. The topological polar surface area (TPSA) is 79.2 Å². The third kappa shape index (κ3) is 4.69. The summed E-state index contributed by atoms with van der Waals surface area (Å²) in [4.78, 5) is 0.788. The van der Waals surface area contributed by atoms with Crippen molar-refractivity contribution >= 4 is 27.5 Å². The largest absolute Gasteiger partial charge is 0.283 e. The molecule has 0 bridgehead atoms. The van der Waals surface area contributed by atoms with E-state index < -0.39 is 10.1 Å². The first-order valence-corrected chi connectivity index (χ1v) is 9.64. The summed E-state index contributed by atoms with van der Waals surface area (Å²) in [6.45, 7) is 3.72. The molecule has 1 aromatic rings. The summed E-state index contributed by atoms with van der Waals surface area (Å²) >= 11 is 1.35. The Balaban J connectivity index is 2.11. The first kappa shape index (κ1) is 17.8. The zero-order chi connectivity index (χ0) is 16.9. The van der Waals surface area contributed by atoms with Gasteiger partial charge in [-0.15, -0.1) is 0 Å². The van der Waals surface area contributed by atoms with E-state index >= 15 is 0 Å². The third-order valence-corrected chi connectivity index (χ3v) is 5.55. The number of rotatable bonds is 6. The first-order chi connectivity index (χ1) is 11.0. The lowest BCUT2D eigenvalue weighted by molar-refractivity contribution is 0.208. The van der Waals surface area contributed by atoms with Gasteiger partial charge in [-0.2, -0.15) is 23.4 Å². The van der Waals surface area contributed by atoms with E-state index in [-0.39, 0.29) is 11.1 Å². The molecule has 2 rings (SSSR count). The smallest absolute Gasteiger partial charge is 0.198 e. The molecule has 1 aliphatic rings. The Morgan fingerprint density at radius 2 is 2.17 bits per heavy atom. The van der Waals surface area contributed by atoms with Crippen molar-refractivity contribution in [1.82, 2.24) is 5.48 Å². The number of nitrogens with zero attached hydrogens (tertiary/aromatic N) is 1. The van der Waals surface area contributed by atoms with E-state index in [1.165, 1.54) is 11.8 Å². The minimum atomic E-state index is -3.56. The predicted molar refractivity (Wildman–Crippen MR) is 92.5 cm³/mol. The fraction of sp³-hybridized carbons (Fsp3) is 0.312. The zero-order valence-corrected chi connectivity index (χ0v) is 14.6. The van der Waals surface area contributed by atoms with Crippen LogP contribution in [0.5, 0.6) is 0 Å². The molecule has 1 aromatic carbocycles. The standard InChI is InChI=1S/C16H18N2O3S2/c1-3-10-23(19,20)21-18-16-9-8-15(22-16)14(11-17)13-7-5-4-6-12(13)2/h4-9,16,18H,3,10H2,1-2H3/b15-14+. The number of thioether (sulfide) groups is 1. The molecular weight excluding hydrogens is 332 g/mol. The highest BCUT2D eigenvalue weighted by molar-refractivity contribution is 8.04. The molecule has 0 aliphatic carbocycles. The molecule has 5 nitrogen and oxygen atoms in total. The lowest BCUT2D eigenvalue weighted by Gasteiger charge is -2.11. The molecule has 0 aromatic heterocycles. The molecule has 0 saturated heterocycles. The number of benzene rings is 1. The van der Waals surface area contributed by atoms with Crippen LogP contribution in [0.3, 0.4) is 0 Å². The number of nitrogens with one attached hydrogen (secondary N) is 1. The van der Waals surface area contributed by atoms with Gasteiger partial charge >= 0.3 is 0 Å². The second-order valence-electron chi connectivity index (χ2n) is 5.03. The summed E-state index contributed by atoms with van der Waals surface area (Å²) < 4.78 is 27.9. The normalized spacial score (nSPS) is 19.6. The van der Waals surface area contributed by atoms with Crippen LogP contribution in [0.4, 0.5) is 0 Å². The number of nitriles is 1. The van der Waals surface area contributed by atoms with Crippen LogP contribution in [0.15, 0.2) is 41.3 Å². The van der Waals surface area contributed by atoms with Crippen LogP contribution in [-0.4, -0.2) is 19.5 Å². The van der Waals surface area contributed by atoms with Crippen LogP contribution in [-0.2, 0) is 14.4 Å². The minimum Gasteiger partial charge on any atom is -0.198 e. The molecule has 0 spiro atoms. The van der Waals surface area contributed by atoms with Crippen molar-refractivity contribution in [3.05, 3.63) is 52.4 Å². The number of allylic oxidation sites excluding steroid dienone is 2. The molecule has 0 amide bonds. The Morgan fingerprint density at radius 3 is 2.83 bits per heavy atom. The van der Waals surface area contributed by atoms with E-state index in [0.717, 1.165) is 16.0 Å². The molecule has 1 aliphatic heterocycles. The van der Waals surface area contributed by atoms with Crippen molar-refractivity contribution in [3.8, 4) is 6.07 Å². The Kier molecular flexibility index (Phi) is 6.02. The Bertz CT molecular complexity index is 777. The van der Waals surface area contributed by atoms with Gasteiger partial charge < -0.3 is 0 Å². The van der Waals surface area contributed by atoms with Gasteiger partial charge in [0.05, 0.1) is 11.3 Å². The van der Waals surface area contributed by atoms with Gasteiger partial charge in [0.25, 0.3) is 10.1 Å². The van der Waals surface area contributed by atoms with Crippen LogP contribution >= 0.6 is 11.8 Å². The maximum absolute atomic E-state index is 11.5. The van der Waals surface area contributed by atoms with Gasteiger partial charge in [0, 0.05) is 4.91 Å². The number of hydrogen-bond acceptors (Lipinski definition) is 6. The lowest BCUT2D eigenvalue weighted by atomic mass is 10.0. The molecule has 1 unspecified atom stereocenters. The summed E-state index contributed by atoms with van der Waals surface area (Å²) in [5.74, 6) is -0.0313. The molecular formula is C16H18N2O3S2. The molecule has 1 heterocycles. The molecule has 0 fully saturated rings. The SMILES string of the molecule is CCCS(=O)(=O)ONC1C=C/C(=C(/C#N)c2ccccc2C)S1. The highest BCUT2D eigenvalue weighted by Gasteiger charge is 2.21. The predicted octanol–water partition coefficient (Wildman–Crippen LogP) is 3.12. The van der Waals surface area contributed by atoms with E-state index in [4.69, 9.17) is 4.28 Å². The van der Waals surface area contributed by atoms with Crippen LogP contribution in [0.2, 0.25) is 0 Å². The van der Waals surface area contributed by atoms with Gasteiger partial charge in [0.2, 0.25) is 0 Å². The Labute approximate surface area is 141 Å². The number of hydrogen-bond donors (Lipinski definition) is 1. The van der Waals surface area contributed by atoms with Crippen molar-refractivity contribution in [2.45, 2.75) is 25.6 Å². The van der Waals surface area contributed by atoms with E-state index in [1.54, 1.807) is 13.0 Å². The molecule has 23 heavy (non-hydrogen) atoms. The maximum Gasteiger partial charge on any atom is 0.283 e. The molecule has 1 atom stereocenters. The van der Waals surface area contributed by atoms with Gasteiger partial charge in [0.1, 0.15) is 11.4 Å². The maximum atomic E-state index is 11.5. The molecule has 0 saturated carbocycles. The summed E-state index contributed by atoms with van der Waals surface area (Å²) in [6, 6.07) is 9.90. The fourth-order valence-corrected chi connectivity index (χ4v) is 3.96. The quantitative estimate of drug-likeness (QED) is 0.627. The second kappa shape index (κ2) is 7.79. The summed E-state index contributed by atoms with van der Waals surface area (Å²) in [7, 11) is -3.56. The van der Waals surface area contributed by atoms with Crippen LogP contribution in [0.25, 0.3) is 5.57 Å². The summed E-state index contributed by atoms with van der Waals surface area (Å²) in [6.07, 6.45) is 4.08. The lowest BCUT2D eigenvalue weighted by Crippen LogP contribution is -2.27. The number of hydroxylamine groups is 1. The zero-order valence-electron chi connectivity index (χ0n) is 12.9. The monoisotopic (exact) mass is 350 g/mol. The van der Waals surface area contributed by atoms with E-state index in [1.807, 2.05) is 37.3 Å². The van der Waals surface area contributed by atoms with Crippen LogP contribution < -0.4 is 5.48 Å². The second-order valence-corrected chi connectivity index (χ2v) is 7.90. The minimum absolute atomic E-state index is 0.0313. The fourth-order valence-electron chi connectivity index (χ4n) is 2.11. The Hall–Kier alpha value is -1.59. The van der Waals surface area contributed by atoms with Crippen molar-refractivity contribution in [1.29, 1.82) is 5.26 Å². The van der Waals surface area contributed by atoms with Gasteiger partial charge in [-0.3, -0.25) is 0 Å². The van der Waals surface area contributed by atoms with Crippen molar-refractivity contribution in [2.75, 3.05) is 5.75 Å². The van der Waals surface area contributed by atoms with Crippen molar-refractivity contribution in [2.24, 2.45) is 0 Å². The van der Waals surface area contributed by atoms with Crippen LogP contribution in [0.1, 0.15) is 24.5 Å². The summed E-state index contributed by atoms with van der Waals surface area (Å²) in [5.41, 5.74) is 4.99. The third-order valence-electron chi connectivity index (χ3n) is 3.19. The van der Waals surface area contributed by atoms with Crippen LogP contribution in [0, 0.1) is 18.3 Å². The van der Waals surface area contributed by atoms with Gasteiger partial charge in [-0.05, 0) is 30.5 Å². The van der Waals surface area contributed by atoms with Crippen molar-refractivity contribution < 1.29 is 12.7 Å². The Morgan fingerprint density at radius 1 is 1.43 bits per heavy atom. The van der Waals surface area contributed by atoms with Gasteiger partial charge in [0.15, 0.2) is 0 Å². The first-order valence-electron chi connectivity index (χ1n) is 7.18. The van der Waals surface area contributed by atoms with Gasteiger partial charge in [-0.1, -0.05) is 49.0 Å². The highest BCUT2D eigenvalue weighted by Crippen LogP contribution is 2.36. The van der Waals surface area contributed by atoms with E-state index in [9.17, 15) is 13.7 Å². The van der Waals surface area contributed by atoms with E-state index in [0.29, 0.717) is 12.0 Å². The van der Waals surface area contributed by atoms with E-state index in [2.05, 4.69) is 11.5 Å². The summed E-state index contributed by atoms with van der Waals surface area (Å²) in [5, 5.41) is 9.13. The average Bonchev–Trinajstić information content (AvgIpc) is 2.97. The average molecular weight is 350 g/mol. The molecule has 1 N–H and O–H groups in total. The van der Waals surface area contributed by atoms with Gasteiger partial charge in [-0.25, -0.2) is 0 Å². The molecule has 0 radical (unpaired) electrons. The highest BCUT2D eigenvalue weighted by atomic mass is 32.2. The molecule has 122 valence electrons. The molecule has 7 heteroatoms.